The number of hydrogen-bond acceptors (Lipinski definition) is 4. The van der Waals surface area contributed by atoms with Crippen molar-refractivity contribution in [1.82, 2.24) is 9.80 Å². The summed E-state index contributed by atoms with van der Waals surface area (Å²) in [7, 11) is 0. The van der Waals surface area contributed by atoms with Crippen LogP contribution in [0.3, 0.4) is 0 Å². The molecule has 2 aliphatic rings. The minimum absolute atomic E-state index is 0.00422. The number of nitrogens with zero attached hydrogens (tertiary/aromatic N) is 2. The van der Waals surface area contributed by atoms with Crippen LogP contribution in [0.2, 0.25) is 0 Å². The Hall–Kier alpha value is -1.82. The van der Waals surface area contributed by atoms with Gasteiger partial charge in [0.15, 0.2) is 5.76 Å². The first-order valence-electron chi connectivity index (χ1n) is 9.95. The summed E-state index contributed by atoms with van der Waals surface area (Å²) in [5.41, 5.74) is 1.12. The summed E-state index contributed by atoms with van der Waals surface area (Å²) in [5, 5.41) is 8.97. The molecule has 0 radical (unpaired) electrons. The van der Waals surface area contributed by atoms with Crippen molar-refractivity contribution in [2.75, 3.05) is 19.6 Å². The Kier molecular flexibility index (Phi) is 6.35. The molecule has 0 aromatic carbocycles. The van der Waals surface area contributed by atoms with Crippen LogP contribution < -0.4 is 0 Å². The van der Waals surface area contributed by atoms with Crippen LogP contribution in [0.15, 0.2) is 10.5 Å². The molecule has 2 aliphatic heterocycles. The van der Waals surface area contributed by atoms with Gasteiger partial charge in [-0.05, 0) is 57.7 Å². The van der Waals surface area contributed by atoms with E-state index in [4.69, 9.17) is 9.52 Å². The number of furan rings is 1. The molecule has 26 heavy (non-hydrogen) atoms. The largest absolute Gasteiger partial charge is 0.481 e. The second-order valence-corrected chi connectivity index (χ2v) is 7.48. The van der Waals surface area contributed by atoms with Crippen LogP contribution in [0.4, 0.5) is 0 Å². The molecule has 1 amide bonds. The minimum atomic E-state index is -0.804. The van der Waals surface area contributed by atoms with Gasteiger partial charge in [-0.25, -0.2) is 0 Å². The Bertz CT molecular complexity index is 634. The molecule has 0 spiro atoms. The number of piperidine rings is 1. The highest BCUT2D eigenvalue weighted by Gasteiger charge is 2.30. The maximum absolute atomic E-state index is 13.0. The maximum atomic E-state index is 13.0. The third kappa shape index (κ3) is 4.47. The van der Waals surface area contributed by atoms with Gasteiger partial charge in [-0.15, -0.1) is 0 Å². The number of carbonyl (C=O) groups excluding carboxylic acids is 1. The third-order valence-electron chi connectivity index (χ3n) is 5.60. The molecular weight excluding hydrogens is 332 g/mol. The predicted molar refractivity (Wildman–Crippen MR) is 98.1 cm³/mol. The van der Waals surface area contributed by atoms with Crippen LogP contribution in [0, 0.1) is 0 Å². The summed E-state index contributed by atoms with van der Waals surface area (Å²) in [4.78, 5) is 28.2. The molecule has 3 rings (SSSR count). The zero-order valence-corrected chi connectivity index (χ0v) is 15.7. The summed E-state index contributed by atoms with van der Waals surface area (Å²) in [6.07, 6.45) is 6.77. The molecule has 1 aromatic heterocycles. The number of carboxylic acids is 1. The number of aryl methyl sites for hydroxylation is 1. The van der Waals surface area contributed by atoms with Crippen molar-refractivity contribution in [1.29, 1.82) is 0 Å². The zero-order chi connectivity index (χ0) is 18.5. The Balaban J connectivity index is 1.72. The topological polar surface area (TPSA) is 74.0 Å². The van der Waals surface area contributed by atoms with Gasteiger partial charge in [0, 0.05) is 37.5 Å². The average Bonchev–Trinajstić information content (AvgIpc) is 3.29. The standard InChI is InChI=1S/C20H30N2O4/c1-2-17-15(14-21-10-5-6-11-21)13-18(26-17)20(25)22-12-4-3-7-16(22)8-9-19(23)24/h13,16H,2-12,14H2,1H3,(H,23,24)/t16-/m0/s1. The molecule has 1 aromatic rings. The first kappa shape index (κ1) is 19.0. The Morgan fingerprint density at radius 1 is 1.19 bits per heavy atom. The van der Waals surface area contributed by atoms with Gasteiger partial charge in [0.2, 0.25) is 0 Å². The van der Waals surface area contributed by atoms with Gasteiger partial charge in [-0.1, -0.05) is 6.92 Å². The smallest absolute Gasteiger partial charge is 0.303 e. The van der Waals surface area contributed by atoms with E-state index in [0.29, 0.717) is 18.7 Å². The number of amides is 1. The molecule has 0 saturated carbocycles. The second-order valence-electron chi connectivity index (χ2n) is 7.48. The predicted octanol–water partition coefficient (Wildman–Crippen LogP) is 3.30. The van der Waals surface area contributed by atoms with Crippen molar-refractivity contribution in [2.45, 2.75) is 70.9 Å². The van der Waals surface area contributed by atoms with Crippen molar-refractivity contribution >= 4 is 11.9 Å². The van der Waals surface area contributed by atoms with E-state index in [1.807, 2.05) is 11.0 Å². The summed E-state index contributed by atoms with van der Waals surface area (Å²) in [5.74, 6) is 0.433. The number of likely N-dealkylation sites (tertiary alicyclic amines) is 2. The number of rotatable bonds is 7. The quantitative estimate of drug-likeness (QED) is 0.806. The Morgan fingerprint density at radius 2 is 1.92 bits per heavy atom. The monoisotopic (exact) mass is 362 g/mol. The molecule has 144 valence electrons. The van der Waals surface area contributed by atoms with Crippen LogP contribution in [-0.2, 0) is 17.8 Å². The zero-order valence-electron chi connectivity index (χ0n) is 15.7. The lowest BCUT2D eigenvalue weighted by Crippen LogP contribution is -2.43. The fraction of sp³-hybridized carbons (Fsp3) is 0.700. The van der Waals surface area contributed by atoms with Crippen molar-refractivity contribution in [3.05, 3.63) is 23.2 Å². The molecule has 0 bridgehead atoms. The van der Waals surface area contributed by atoms with Gasteiger partial charge in [0.1, 0.15) is 5.76 Å². The van der Waals surface area contributed by atoms with E-state index in [1.54, 1.807) is 0 Å². The Morgan fingerprint density at radius 3 is 2.62 bits per heavy atom. The Labute approximate surface area is 155 Å². The first-order chi connectivity index (χ1) is 12.6. The average molecular weight is 362 g/mol. The highest BCUT2D eigenvalue weighted by atomic mass is 16.4. The molecule has 1 atom stereocenters. The second kappa shape index (κ2) is 8.71. The van der Waals surface area contributed by atoms with Crippen LogP contribution in [0.25, 0.3) is 0 Å². The van der Waals surface area contributed by atoms with Crippen molar-refractivity contribution in [3.63, 3.8) is 0 Å². The van der Waals surface area contributed by atoms with Gasteiger partial charge >= 0.3 is 5.97 Å². The SMILES string of the molecule is CCc1oc(C(=O)N2CCCC[C@H]2CCC(=O)O)cc1CN1CCCC1. The van der Waals surface area contributed by atoms with Crippen LogP contribution in [-0.4, -0.2) is 52.5 Å². The van der Waals surface area contributed by atoms with Gasteiger partial charge in [0.25, 0.3) is 5.91 Å². The van der Waals surface area contributed by atoms with E-state index in [1.165, 1.54) is 12.8 Å². The van der Waals surface area contributed by atoms with E-state index < -0.39 is 5.97 Å². The fourth-order valence-corrected chi connectivity index (χ4v) is 4.19. The van der Waals surface area contributed by atoms with Crippen molar-refractivity contribution in [3.8, 4) is 0 Å². The highest BCUT2D eigenvalue weighted by molar-refractivity contribution is 5.92. The highest BCUT2D eigenvalue weighted by Crippen LogP contribution is 2.26. The van der Waals surface area contributed by atoms with Crippen LogP contribution in [0.5, 0.6) is 0 Å². The summed E-state index contributed by atoms with van der Waals surface area (Å²) >= 11 is 0. The normalized spacial score (nSPS) is 21.3. The van der Waals surface area contributed by atoms with Crippen molar-refractivity contribution < 1.29 is 19.1 Å². The number of hydrogen-bond donors (Lipinski definition) is 1. The number of aliphatic carboxylic acids is 1. The third-order valence-corrected chi connectivity index (χ3v) is 5.60. The molecule has 0 unspecified atom stereocenters. The molecule has 6 heteroatoms. The molecule has 1 N–H and O–H groups in total. The van der Waals surface area contributed by atoms with Gasteiger partial charge in [-0.3, -0.25) is 14.5 Å². The van der Waals surface area contributed by atoms with E-state index in [0.717, 1.165) is 56.6 Å². The van der Waals surface area contributed by atoms with E-state index in [-0.39, 0.29) is 18.4 Å². The molecule has 3 heterocycles. The molecule has 2 saturated heterocycles. The van der Waals surface area contributed by atoms with Gasteiger partial charge in [0.05, 0.1) is 0 Å². The van der Waals surface area contributed by atoms with Crippen LogP contribution >= 0.6 is 0 Å². The van der Waals surface area contributed by atoms with E-state index in [2.05, 4.69) is 11.8 Å². The van der Waals surface area contributed by atoms with Gasteiger partial charge < -0.3 is 14.4 Å². The van der Waals surface area contributed by atoms with E-state index in [9.17, 15) is 9.59 Å². The minimum Gasteiger partial charge on any atom is -0.481 e. The summed E-state index contributed by atoms with van der Waals surface area (Å²) in [6.45, 7) is 5.81. The molecule has 0 aliphatic carbocycles. The van der Waals surface area contributed by atoms with E-state index >= 15 is 0 Å². The molecular formula is C20H30N2O4. The molecule has 2 fully saturated rings. The van der Waals surface area contributed by atoms with Crippen LogP contribution in [0.1, 0.15) is 73.7 Å². The van der Waals surface area contributed by atoms with Crippen molar-refractivity contribution in [2.24, 2.45) is 0 Å². The van der Waals surface area contributed by atoms with Gasteiger partial charge in [-0.2, -0.15) is 0 Å². The fourth-order valence-electron chi connectivity index (χ4n) is 4.19. The number of carbonyl (C=O) groups is 2. The lowest BCUT2D eigenvalue weighted by molar-refractivity contribution is -0.137. The summed E-state index contributed by atoms with van der Waals surface area (Å²) < 4.78 is 5.93. The maximum Gasteiger partial charge on any atom is 0.303 e. The first-order valence-corrected chi connectivity index (χ1v) is 9.95. The summed E-state index contributed by atoms with van der Waals surface area (Å²) in [6, 6.07) is 1.92. The lowest BCUT2D eigenvalue weighted by Gasteiger charge is -2.35. The molecule has 6 nitrogen and oxygen atoms in total. The number of carboxylic acid groups (broad SMARTS) is 1. The lowest BCUT2D eigenvalue weighted by atomic mass is 9.97.